The lowest BCUT2D eigenvalue weighted by atomic mass is 9.89. The molecule has 0 heterocycles. The topological polar surface area (TPSA) is 139 Å². The Balaban J connectivity index is -0.000000563. The van der Waals surface area contributed by atoms with Crippen molar-refractivity contribution >= 4 is 35.1 Å². The molecule has 42 heavy (non-hydrogen) atoms. The van der Waals surface area contributed by atoms with Crippen LogP contribution >= 0.6 is 0 Å². The van der Waals surface area contributed by atoms with Crippen molar-refractivity contribution in [3.63, 3.8) is 0 Å². The molecular formula is C33H63N3O6. The SMILES string of the molecule is CC(=O)C(CC(=O)CNC(=O)C(C)C)CC(C)C.CC(C)CC(=O)CNC(=O)C(C)C.CC(C)CCNC(=O)C(C)C. The van der Waals surface area contributed by atoms with E-state index in [1.807, 2.05) is 55.4 Å². The Morgan fingerprint density at radius 3 is 1.19 bits per heavy atom. The molecule has 9 nitrogen and oxygen atoms in total. The van der Waals surface area contributed by atoms with E-state index >= 15 is 0 Å². The second-order valence-electron chi connectivity index (χ2n) is 13.2. The summed E-state index contributed by atoms with van der Waals surface area (Å²) in [6.07, 6.45) is 2.56. The molecular weight excluding hydrogens is 534 g/mol. The van der Waals surface area contributed by atoms with Gasteiger partial charge in [-0.1, -0.05) is 83.1 Å². The van der Waals surface area contributed by atoms with Crippen molar-refractivity contribution in [1.29, 1.82) is 0 Å². The van der Waals surface area contributed by atoms with Gasteiger partial charge >= 0.3 is 0 Å². The second-order valence-corrected chi connectivity index (χ2v) is 13.2. The molecule has 0 bridgehead atoms. The molecule has 246 valence electrons. The summed E-state index contributed by atoms with van der Waals surface area (Å²) in [7, 11) is 0. The lowest BCUT2D eigenvalue weighted by Crippen LogP contribution is -2.33. The van der Waals surface area contributed by atoms with E-state index in [0.29, 0.717) is 24.2 Å². The number of nitrogens with one attached hydrogen (secondary N) is 3. The fourth-order valence-corrected chi connectivity index (χ4v) is 3.30. The lowest BCUT2D eigenvalue weighted by Gasteiger charge is -2.15. The number of hydrogen-bond acceptors (Lipinski definition) is 6. The maximum absolute atomic E-state index is 11.7. The summed E-state index contributed by atoms with van der Waals surface area (Å²) in [4.78, 5) is 67.7. The first kappa shape index (κ1) is 43.9. The van der Waals surface area contributed by atoms with Crippen LogP contribution in [0.5, 0.6) is 0 Å². The minimum absolute atomic E-state index is 0.0267. The van der Waals surface area contributed by atoms with Crippen LogP contribution in [0.25, 0.3) is 0 Å². The van der Waals surface area contributed by atoms with Crippen molar-refractivity contribution < 1.29 is 28.8 Å². The van der Waals surface area contributed by atoms with E-state index < -0.39 is 0 Å². The molecule has 0 radical (unpaired) electrons. The molecule has 0 spiro atoms. The smallest absolute Gasteiger partial charge is 0.222 e. The molecule has 0 aliphatic carbocycles. The first-order valence-corrected chi connectivity index (χ1v) is 15.6. The molecule has 0 aromatic carbocycles. The molecule has 0 saturated heterocycles. The second kappa shape index (κ2) is 25.0. The van der Waals surface area contributed by atoms with Gasteiger partial charge in [-0.2, -0.15) is 0 Å². The van der Waals surface area contributed by atoms with Gasteiger partial charge in [0.05, 0.1) is 13.1 Å². The molecule has 9 heteroatoms. The third-order valence-electron chi connectivity index (χ3n) is 5.95. The van der Waals surface area contributed by atoms with Crippen LogP contribution in [0, 0.1) is 41.4 Å². The molecule has 0 saturated carbocycles. The van der Waals surface area contributed by atoms with Crippen LogP contribution in [0.3, 0.4) is 0 Å². The molecule has 3 amide bonds. The summed E-state index contributed by atoms with van der Waals surface area (Å²) in [6, 6.07) is 0. The fraction of sp³-hybridized carbons (Fsp3) is 0.818. The number of carbonyl (C=O) groups excluding carboxylic acids is 6. The molecule has 1 unspecified atom stereocenters. The number of rotatable bonds is 17. The van der Waals surface area contributed by atoms with Crippen molar-refractivity contribution in [2.45, 2.75) is 116 Å². The summed E-state index contributed by atoms with van der Waals surface area (Å²) < 4.78 is 0. The van der Waals surface area contributed by atoms with Gasteiger partial charge in [-0.25, -0.2) is 0 Å². The molecule has 0 fully saturated rings. The predicted octanol–water partition coefficient (Wildman–Crippen LogP) is 5.15. The van der Waals surface area contributed by atoms with Gasteiger partial charge in [-0.15, -0.1) is 0 Å². The number of ketones is 3. The molecule has 0 aromatic rings. The van der Waals surface area contributed by atoms with E-state index in [-0.39, 0.29) is 78.3 Å². The van der Waals surface area contributed by atoms with Crippen LogP contribution in [0.4, 0.5) is 0 Å². The molecule has 0 rings (SSSR count). The first-order chi connectivity index (χ1) is 19.2. The van der Waals surface area contributed by atoms with E-state index in [1.54, 1.807) is 13.8 Å². The Hall–Kier alpha value is -2.58. The number of amides is 3. The van der Waals surface area contributed by atoms with E-state index in [4.69, 9.17) is 0 Å². The Morgan fingerprint density at radius 2 is 0.881 bits per heavy atom. The largest absolute Gasteiger partial charge is 0.356 e. The molecule has 0 aliphatic rings. The third-order valence-corrected chi connectivity index (χ3v) is 5.95. The standard InChI is InChI=1S/C14H25NO3.C10H19NO2.C9H19NO/c1-9(2)6-12(11(5)16)7-13(17)8-15-14(18)10(3)4;1-7(2)5-9(12)6-11-10(13)8(3)4;1-7(2)5-6-10-9(11)8(3)4/h9-10,12H,6-8H2,1-5H3,(H,15,18);7-8H,5-6H2,1-4H3,(H,11,13);7-8H,5-6H2,1-4H3,(H,10,11). The number of Topliss-reactive ketones (excluding diaryl/α,β-unsaturated/α-hetero) is 3. The summed E-state index contributed by atoms with van der Waals surface area (Å²) in [6.45, 7) is 25.9. The minimum Gasteiger partial charge on any atom is -0.356 e. The zero-order valence-corrected chi connectivity index (χ0v) is 28.9. The van der Waals surface area contributed by atoms with E-state index in [9.17, 15) is 28.8 Å². The van der Waals surface area contributed by atoms with Gasteiger partial charge in [0.2, 0.25) is 17.7 Å². The van der Waals surface area contributed by atoms with Crippen LogP contribution < -0.4 is 16.0 Å². The van der Waals surface area contributed by atoms with E-state index in [0.717, 1.165) is 19.4 Å². The van der Waals surface area contributed by atoms with Gasteiger partial charge in [-0.3, -0.25) is 28.8 Å². The molecule has 0 aliphatic heterocycles. The van der Waals surface area contributed by atoms with Crippen LogP contribution in [-0.2, 0) is 28.8 Å². The number of carbonyl (C=O) groups is 6. The highest BCUT2D eigenvalue weighted by Crippen LogP contribution is 2.16. The predicted molar refractivity (Wildman–Crippen MR) is 171 cm³/mol. The molecule has 1 atom stereocenters. The van der Waals surface area contributed by atoms with Crippen LogP contribution in [0.2, 0.25) is 0 Å². The summed E-state index contributed by atoms with van der Waals surface area (Å²) in [5, 5.41) is 8.05. The van der Waals surface area contributed by atoms with Gasteiger partial charge in [-0.05, 0) is 37.5 Å². The van der Waals surface area contributed by atoms with Gasteiger partial charge in [0.25, 0.3) is 0 Å². The van der Waals surface area contributed by atoms with Gasteiger partial charge in [0, 0.05) is 43.1 Å². The van der Waals surface area contributed by atoms with Crippen molar-refractivity contribution in [1.82, 2.24) is 16.0 Å². The lowest BCUT2D eigenvalue weighted by molar-refractivity contribution is -0.129. The average Bonchev–Trinajstić information content (AvgIpc) is 2.84. The first-order valence-electron chi connectivity index (χ1n) is 15.6. The van der Waals surface area contributed by atoms with Crippen LogP contribution in [-0.4, -0.2) is 54.7 Å². The minimum atomic E-state index is -0.214. The Morgan fingerprint density at radius 1 is 0.500 bits per heavy atom. The quantitative estimate of drug-likeness (QED) is 0.212. The van der Waals surface area contributed by atoms with E-state index in [1.165, 1.54) is 6.92 Å². The maximum Gasteiger partial charge on any atom is 0.222 e. The van der Waals surface area contributed by atoms with Gasteiger partial charge in [0.1, 0.15) is 5.78 Å². The van der Waals surface area contributed by atoms with Crippen molar-refractivity contribution in [3.8, 4) is 0 Å². The van der Waals surface area contributed by atoms with E-state index in [2.05, 4.69) is 29.8 Å². The fourth-order valence-electron chi connectivity index (χ4n) is 3.30. The highest BCUT2D eigenvalue weighted by atomic mass is 16.2. The highest BCUT2D eigenvalue weighted by Gasteiger charge is 2.20. The Bertz CT molecular complexity index is 817. The molecule has 0 aromatic heterocycles. The third kappa shape index (κ3) is 28.9. The average molecular weight is 598 g/mol. The summed E-state index contributed by atoms with van der Waals surface area (Å²) in [5.74, 6) is 1.18. The van der Waals surface area contributed by atoms with Crippen molar-refractivity contribution in [2.24, 2.45) is 41.4 Å². The van der Waals surface area contributed by atoms with Gasteiger partial charge < -0.3 is 16.0 Å². The van der Waals surface area contributed by atoms with Crippen LogP contribution in [0.15, 0.2) is 0 Å². The molecule has 3 N–H and O–H groups in total. The summed E-state index contributed by atoms with van der Waals surface area (Å²) >= 11 is 0. The number of hydrogen-bond donors (Lipinski definition) is 3. The zero-order chi connectivity index (χ0) is 33.6. The van der Waals surface area contributed by atoms with Crippen molar-refractivity contribution in [2.75, 3.05) is 19.6 Å². The zero-order valence-electron chi connectivity index (χ0n) is 28.9. The van der Waals surface area contributed by atoms with Crippen molar-refractivity contribution in [3.05, 3.63) is 0 Å². The maximum atomic E-state index is 11.7. The highest BCUT2D eigenvalue weighted by molar-refractivity contribution is 5.90. The summed E-state index contributed by atoms with van der Waals surface area (Å²) in [5.41, 5.74) is 0. The Kier molecular flexibility index (Phi) is 26.1. The Labute approximate surface area is 256 Å². The van der Waals surface area contributed by atoms with Crippen LogP contribution in [0.1, 0.15) is 116 Å². The normalized spacial score (nSPS) is 11.5. The monoisotopic (exact) mass is 597 g/mol. The van der Waals surface area contributed by atoms with Gasteiger partial charge in [0.15, 0.2) is 11.6 Å².